The molecular formula is C23H34N4O4. The predicted molar refractivity (Wildman–Crippen MR) is 119 cm³/mol. The molecule has 1 saturated heterocycles. The van der Waals surface area contributed by atoms with E-state index in [1.807, 2.05) is 19.3 Å². The average molecular weight is 431 g/mol. The second kappa shape index (κ2) is 10.5. The van der Waals surface area contributed by atoms with Crippen molar-refractivity contribution in [3.63, 3.8) is 0 Å². The highest BCUT2D eigenvalue weighted by Gasteiger charge is 2.26. The van der Waals surface area contributed by atoms with Crippen LogP contribution in [0.4, 0.5) is 5.95 Å². The zero-order chi connectivity index (χ0) is 21.6. The Balaban J connectivity index is 1.64. The Bertz CT molecular complexity index is 851. The maximum absolute atomic E-state index is 9.93. The standard InChI is InChI=1S/C23H34N4O4/c1-3-29-14-15(2)26-23-25-13-20-21(27-23)19(16-4-6-17(28)7-5-16)12-24-22(20)31-18-8-10-30-11-9-18/h12-13,15-18,28H,3-11,14H2,1-2H3,(H,25,26,27)/t15-,16?,17?/m0/s1. The zero-order valence-corrected chi connectivity index (χ0v) is 18.5. The maximum atomic E-state index is 9.93. The van der Waals surface area contributed by atoms with Gasteiger partial charge in [0.15, 0.2) is 0 Å². The highest BCUT2D eigenvalue weighted by atomic mass is 16.5. The summed E-state index contributed by atoms with van der Waals surface area (Å²) in [6, 6.07) is 0.102. The molecule has 0 radical (unpaired) electrons. The third kappa shape index (κ3) is 5.61. The van der Waals surface area contributed by atoms with Crippen LogP contribution in [0.1, 0.15) is 63.9 Å². The number of hydrogen-bond acceptors (Lipinski definition) is 8. The van der Waals surface area contributed by atoms with Crippen LogP contribution in [0.2, 0.25) is 0 Å². The fourth-order valence-corrected chi connectivity index (χ4v) is 4.37. The van der Waals surface area contributed by atoms with Crippen molar-refractivity contribution >= 4 is 16.9 Å². The first-order valence-corrected chi connectivity index (χ1v) is 11.6. The van der Waals surface area contributed by atoms with E-state index in [2.05, 4.69) is 22.2 Å². The Hall–Kier alpha value is -2.03. The van der Waals surface area contributed by atoms with Gasteiger partial charge in [-0.05, 0) is 45.4 Å². The fraction of sp³-hybridized carbons (Fsp3) is 0.696. The molecule has 3 heterocycles. The summed E-state index contributed by atoms with van der Waals surface area (Å²) in [6.07, 6.45) is 8.86. The van der Waals surface area contributed by atoms with E-state index in [4.69, 9.17) is 19.2 Å². The number of aliphatic hydroxyl groups is 1. The molecule has 1 atom stereocenters. The Labute approximate surface area is 183 Å². The van der Waals surface area contributed by atoms with Crippen molar-refractivity contribution in [2.24, 2.45) is 0 Å². The van der Waals surface area contributed by atoms with Crippen LogP contribution in [0, 0.1) is 0 Å². The van der Waals surface area contributed by atoms with Crippen LogP contribution < -0.4 is 10.1 Å². The smallest absolute Gasteiger partial charge is 0.224 e. The number of aromatic nitrogens is 3. The molecule has 8 nitrogen and oxygen atoms in total. The molecule has 2 fully saturated rings. The second-order valence-electron chi connectivity index (χ2n) is 8.61. The Kier molecular flexibility index (Phi) is 7.53. The van der Waals surface area contributed by atoms with Crippen molar-refractivity contribution in [2.45, 2.75) is 76.5 Å². The summed E-state index contributed by atoms with van der Waals surface area (Å²) < 4.78 is 17.2. The lowest BCUT2D eigenvalue weighted by molar-refractivity contribution is 0.0244. The van der Waals surface area contributed by atoms with Crippen molar-refractivity contribution in [2.75, 3.05) is 31.7 Å². The van der Waals surface area contributed by atoms with E-state index in [0.29, 0.717) is 44.2 Å². The summed E-state index contributed by atoms with van der Waals surface area (Å²) in [5.74, 6) is 1.51. The van der Waals surface area contributed by atoms with Crippen molar-refractivity contribution in [1.29, 1.82) is 0 Å². The second-order valence-corrected chi connectivity index (χ2v) is 8.61. The third-order valence-electron chi connectivity index (χ3n) is 6.14. The van der Waals surface area contributed by atoms with E-state index in [0.717, 1.165) is 55.0 Å². The highest BCUT2D eigenvalue weighted by molar-refractivity contribution is 5.86. The molecule has 0 spiro atoms. The molecule has 0 aromatic carbocycles. The van der Waals surface area contributed by atoms with Gasteiger partial charge in [-0.25, -0.2) is 15.0 Å². The summed E-state index contributed by atoms with van der Waals surface area (Å²) in [4.78, 5) is 14.1. The van der Waals surface area contributed by atoms with E-state index in [1.54, 1.807) is 0 Å². The normalized spacial score (nSPS) is 23.6. The van der Waals surface area contributed by atoms with Crippen molar-refractivity contribution in [1.82, 2.24) is 15.0 Å². The minimum absolute atomic E-state index is 0.101. The quantitative estimate of drug-likeness (QED) is 0.657. The number of aliphatic hydroxyl groups excluding tert-OH is 1. The molecule has 2 N–H and O–H groups in total. The molecule has 1 aliphatic heterocycles. The molecule has 0 unspecified atom stereocenters. The number of rotatable bonds is 8. The van der Waals surface area contributed by atoms with E-state index in [1.165, 1.54) is 0 Å². The minimum atomic E-state index is -0.196. The van der Waals surface area contributed by atoms with Gasteiger partial charge in [0.25, 0.3) is 0 Å². The number of pyridine rings is 1. The highest BCUT2D eigenvalue weighted by Crippen LogP contribution is 2.38. The van der Waals surface area contributed by atoms with Gasteiger partial charge in [-0.1, -0.05) is 0 Å². The minimum Gasteiger partial charge on any atom is -0.474 e. The van der Waals surface area contributed by atoms with Gasteiger partial charge in [-0.15, -0.1) is 0 Å². The van der Waals surface area contributed by atoms with Crippen molar-refractivity contribution in [3.05, 3.63) is 18.0 Å². The van der Waals surface area contributed by atoms with E-state index in [9.17, 15) is 5.11 Å². The lowest BCUT2D eigenvalue weighted by Gasteiger charge is -2.27. The predicted octanol–water partition coefficient (Wildman–Crippen LogP) is 3.44. The van der Waals surface area contributed by atoms with Crippen molar-refractivity contribution < 1.29 is 19.3 Å². The number of anilines is 1. The molecular weight excluding hydrogens is 396 g/mol. The summed E-state index contributed by atoms with van der Waals surface area (Å²) >= 11 is 0. The first kappa shape index (κ1) is 22.2. The van der Waals surface area contributed by atoms with E-state index >= 15 is 0 Å². The van der Waals surface area contributed by atoms with Crippen molar-refractivity contribution in [3.8, 4) is 5.88 Å². The number of nitrogens with zero attached hydrogens (tertiary/aromatic N) is 3. The topological polar surface area (TPSA) is 98.6 Å². The lowest BCUT2D eigenvalue weighted by atomic mass is 9.83. The van der Waals surface area contributed by atoms with Crippen LogP contribution in [0.3, 0.4) is 0 Å². The molecule has 2 aromatic heterocycles. The first-order chi connectivity index (χ1) is 15.1. The Morgan fingerprint density at radius 3 is 2.65 bits per heavy atom. The van der Waals surface area contributed by atoms with Crippen LogP contribution in [0.25, 0.3) is 10.9 Å². The molecule has 8 heteroatoms. The molecule has 0 amide bonds. The van der Waals surface area contributed by atoms with E-state index in [-0.39, 0.29) is 18.2 Å². The molecule has 2 aromatic rings. The van der Waals surface area contributed by atoms with Crippen LogP contribution >= 0.6 is 0 Å². The fourth-order valence-electron chi connectivity index (χ4n) is 4.37. The summed E-state index contributed by atoms with van der Waals surface area (Å²) in [6.45, 7) is 6.75. The SMILES string of the molecule is CCOC[C@H](C)Nc1ncc2c(OC3CCOCC3)ncc(C3CCC(O)CC3)c2n1. The van der Waals surface area contributed by atoms with Gasteiger partial charge in [0, 0.05) is 43.4 Å². The molecule has 31 heavy (non-hydrogen) atoms. The summed E-state index contributed by atoms with van der Waals surface area (Å²) in [5, 5.41) is 14.1. The summed E-state index contributed by atoms with van der Waals surface area (Å²) in [5.41, 5.74) is 2.00. The Morgan fingerprint density at radius 1 is 1.13 bits per heavy atom. The molecule has 1 aliphatic carbocycles. The van der Waals surface area contributed by atoms with Crippen LogP contribution in [-0.2, 0) is 9.47 Å². The lowest BCUT2D eigenvalue weighted by Crippen LogP contribution is -2.26. The van der Waals surface area contributed by atoms with E-state index < -0.39 is 0 Å². The van der Waals surface area contributed by atoms with Crippen LogP contribution in [0.15, 0.2) is 12.4 Å². The molecule has 170 valence electrons. The van der Waals surface area contributed by atoms with Gasteiger partial charge in [0.05, 0.1) is 36.8 Å². The van der Waals surface area contributed by atoms with Gasteiger partial charge >= 0.3 is 0 Å². The van der Waals surface area contributed by atoms with Gasteiger partial charge in [-0.2, -0.15) is 0 Å². The first-order valence-electron chi connectivity index (χ1n) is 11.6. The molecule has 1 saturated carbocycles. The number of nitrogens with one attached hydrogen (secondary N) is 1. The van der Waals surface area contributed by atoms with Gasteiger partial charge in [-0.3, -0.25) is 0 Å². The average Bonchev–Trinajstić information content (AvgIpc) is 2.79. The number of ether oxygens (including phenoxy) is 3. The molecule has 4 rings (SSSR count). The van der Waals surface area contributed by atoms with Crippen LogP contribution in [0.5, 0.6) is 5.88 Å². The van der Waals surface area contributed by atoms with Gasteiger partial charge in [0.1, 0.15) is 6.10 Å². The third-order valence-corrected chi connectivity index (χ3v) is 6.14. The zero-order valence-electron chi connectivity index (χ0n) is 18.5. The molecule has 0 bridgehead atoms. The molecule has 2 aliphatic rings. The van der Waals surface area contributed by atoms with Gasteiger partial charge < -0.3 is 24.6 Å². The monoisotopic (exact) mass is 430 g/mol. The van der Waals surface area contributed by atoms with Gasteiger partial charge in [0.2, 0.25) is 11.8 Å². The Morgan fingerprint density at radius 2 is 1.90 bits per heavy atom. The van der Waals surface area contributed by atoms with Crippen LogP contribution in [-0.4, -0.2) is 64.7 Å². The summed E-state index contributed by atoms with van der Waals surface area (Å²) in [7, 11) is 0. The number of hydrogen-bond donors (Lipinski definition) is 2. The largest absolute Gasteiger partial charge is 0.474 e. The number of fused-ring (bicyclic) bond motifs is 1. The maximum Gasteiger partial charge on any atom is 0.224 e.